The Bertz CT molecular complexity index is 376. The number of aliphatic hydroxyl groups is 2. The van der Waals surface area contributed by atoms with E-state index in [-0.39, 0.29) is 17.6 Å². The van der Waals surface area contributed by atoms with Crippen LogP contribution in [0.25, 0.3) is 0 Å². The predicted molar refractivity (Wildman–Crippen MR) is 92.6 cm³/mol. The van der Waals surface area contributed by atoms with E-state index in [0.717, 1.165) is 24.7 Å². The number of aliphatic hydroxyl groups excluding tert-OH is 2. The largest absolute Gasteiger partial charge is 0.393 e. The SMILES string of the molecule is CC1(C)C2CCC1(C)C(O)C2.CC1CCC(C(C)C)C(O)C1. The second-order valence-corrected chi connectivity index (χ2v) is 9.52. The van der Waals surface area contributed by atoms with Gasteiger partial charge in [-0.05, 0) is 66.6 Å². The standard InChI is InChI=1S/C10H18O.C10H20O/c1-9(2)7-4-5-10(9,3)8(11)6-7;1-7(2)9-5-4-8(3)6-10(9)11/h7-8,11H,4-6H2,1-3H3;7-11H,4-6H2,1-3H3. The molecule has 6 unspecified atom stereocenters. The molecule has 2 nitrogen and oxygen atoms in total. The Morgan fingerprint density at radius 1 is 0.955 bits per heavy atom. The van der Waals surface area contributed by atoms with Crippen LogP contribution in [0.15, 0.2) is 0 Å². The maximum Gasteiger partial charge on any atom is 0.0601 e. The fraction of sp³-hybridized carbons (Fsp3) is 1.00. The number of hydrogen-bond acceptors (Lipinski definition) is 2. The van der Waals surface area contributed by atoms with Crippen LogP contribution in [0.5, 0.6) is 0 Å². The molecule has 0 amide bonds. The Morgan fingerprint density at radius 3 is 1.91 bits per heavy atom. The molecule has 0 aromatic carbocycles. The second-order valence-electron chi connectivity index (χ2n) is 9.52. The molecule has 2 bridgehead atoms. The summed E-state index contributed by atoms with van der Waals surface area (Å²) < 4.78 is 0. The van der Waals surface area contributed by atoms with Gasteiger partial charge in [-0.15, -0.1) is 0 Å². The van der Waals surface area contributed by atoms with E-state index in [4.69, 9.17) is 0 Å². The molecule has 0 radical (unpaired) electrons. The lowest BCUT2D eigenvalue weighted by atomic mass is 9.70. The van der Waals surface area contributed by atoms with Crippen LogP contribution in [0, 0.1) is 34.5 Å². The second kappa shape index (κ2) is 6.43. The molecule has 0 saturated heterocycles. The van der Waals surface area contributed by atoms with Gasteiger partial charge in [0.05, 0.1) is 12.2 Å². The van der Waals surface area contributed by atoms with Gasteiger partial charge in [0, 0.05) is 0 Å². The quantitative estimate of drug-likeness (QED) is 0.741. The van der Waals surface area contributed by atoms with E-state index in [2.05, 4.69) is 41.5 Å². The van der Waals surface area contributed by atoms with Crippen LogP contribution in [-0.2, 0) is 0 Å². The first-order chi connectivity index (χ1) is 10.1. The van der Waals surface area contributed by atoms with Crippen molar-refractivity contribution in [3.05, 3.63) is 0 Å². The van der Waals surface area contributed by atoms with Gasteiger partial charge in [0.1, 0.15) is 0 Å². The summed E-state index contributed by atoms with van der Waals surface area (Å²) in [6, 6.07) is 0. The molecular weight excluding hydrogens is 272 g/mol. The van der Waals surface area contributed by atoms with Gasteiger partial charge in [-0.2, -0.15) is 0 Å². The lowest BCUT2D eigenvalue weighted by Gasteiger charge is -2.36. The van der Waals surface area contributed by atoms with Crippen LogP contribution >= 0.6 is 0 Å². The third-order valence-corrected chi connectivity index (χ3v) is 7.74. The smallest absolute Gasteiger partial charge is 0.0601 e. The van der Waals surface area contributed by atoms with Gasteiger partial charge in [0.2, 0.25) is 0 Å². The van der Waals surface area contributed by atoms with Crippen molar-refractivity contribution in [3.63, 3.8) is 0 Å². The van der Waals surface area contributed by atoms with E-state index in [0.29, 0.717) is 17.3 Å². The molecule has 3 saturated carbocycles. The minimum atomic E-state index is -0.0313. The first-order valence-electron chi connectivity index (χ1n) is 9.45. The molecule has 2 N–H and O–H groups in total. The third-order valence-electron chi connectivity index (χ3n) is 7.74. The molecule has 3 rings (SSSR count). The van der Waals surface area contributed by atoms with Crippen molar-refractivity contribution >= 4 is 0 Å². The molecule has 0 aromatic rings. The zero-order chi connectivity index (χ0) is 16.7. The Kier molecular flexibility index (Phi) is 5.34. The number of fused-ring (bicyclic) bond motifs is 2. The van der Waals surface area contributed by atoms with E-state index in [9.17, 15) is 10.2 Å². The molecule has 3 aliphatic carbocycles. The van der Waals surface area contributed by atoms with Gasteiger partial charge in [-0.1, -0.05) is 48.0 Å². The highest BCUT2D eigenvalue weighted by Crippen LogP contribution is 2.65. The van der Waals surface area contributed by atoms with E-state index >= 15 is 0 Å². The fourth-order valence-electron chi connectivity index (χ4n) is 5.31. The summed E-state index contributed by atoms with van der Waals surface area (Å²) >= 11 is 0. The summed E-state index contributed by atoms with van der Waals surface area (Å²) in [6.07, 6.45) is 7.09. The van der Waals surface area contributed by atoms with Crippen molar-refractivity contribution in [2.24, 2.45) is 34.5 Å². The van der Waals surface area contributed by atoms with Crippen LogP contribution in [0.3, 0.4) is 0 Å². The summed E-state index contributed by atoms with van der Waals surface area (Å²) in [5.74, 6) is 2.73. The topological polar surface area (TPSA) is 40.5 Å². The fourth-order valence-corrected chi connectivity index (χ4v) is 5.31. The zero-order valence-corrected chi connectivity index (χ0v) is 15.6. The van der Waals surface area contributed by atoms with Gasteiger partial charge >= 0.3 is 0 Å². The molecule has 2 heteroatoms. The Labute approximate surface area is 137 Å². The number of rotatable bonds is 1. The third kappa shape index (κ3) is 3.11. The van der Waals surface area contributed by atoms with Crippen LogP contribution in [0.2, 0.25) is 0 Å². The zero-order valence-electron chi connectivity index (χ0n) is 15.6. The summed E-state index contributed by atoms with van der Waals surface area (Å²) in [6.45, 7) is 13.6. The molecule has 130 valence electrons. The first kappa shape index (κ1) is 18.3. The van der Waals surface area contributed by atoms with E-state index in [1.807, 2.05) is 0 Å². The summed E-state index contributed by atoms with van der Waals surface area (Å²) in [5.41, 5.74) is 0.601. The van der Waals surface area contributed by atoms with Gasteiger partial charge in [-0.25, -0.2) is 0 Å². The summed E-state index contributed by atoms with van der Waals surface area (Å²) in [5, 5.41) is 19.5. The van der Waals surface area contributed by atoms with Gasteiger partial charge in [0.15, 0.2) is 0 Å². The van der Waals surface area contributed by atoms with E-state index in [1.54, 1.807) is 0 Å². The highest BCUT2D eigenvalue weighted by molar-refractivity contribution is 5.10. The van der Waals surface area contributed by atoms with Crippen LogP contribution in [-0.4, -0.2) is 22.4 Å². The monoisotopic (exact) mass is 310 g/mol. The van der Waals surface area contributed by atoms with Crippen molar-refractivity contribution in [1.82, 2.24) is 0 Å². The molecule has 6 atom stereocenters. The lowest BCUT2D eigenvalue weighted by Crippen LogP contribution is -2.35. The number of hydrogen-bond donors (Lipinski definition) is 2. The van der Waals surface area contributed by atoms with Gasteiger partial charge in [-0.3, -0.25) is 0 Å². The molecule has 0 spiro atoms. The Hall–Kier alpha value is -0.0800. The summed E-state index contributed by atoms with van der Waals surface area (Å²) in [4.78, 5) is 0. The molecule has 3 fully saturated rings. The van der Waals surface area contributed by atoms with E-state index in [1.165, 1.54) is 25.7 Å². The molecule has 3 aliphatic rings. The predicted octanol–water partition coefficient (Wildman–Crippen LogP) is 4.63. The van der Waals surface area contributed by atoms with Crippen LogP contribution in [0.4, 0.5) is 0 Å². The average Bonchev–Trinajstić information content (AvgIpc) is 2.72. The Balaban J connectivity index is 0.000000160. The first-order valence-corrected chi connectivity index (χ1v) is 9.45. The molecule has 22 heavy (non-hydrogen) atoms. The van der Waals surface area contributed by atoms with Crippen LogP contribution in [0.1, 0.15) is 80.1 Å². The average molecular weight is 311 g/mol. The lowest BCUT2D eigenvalue weighted by molar-refractivity contribution is 0.0126. The van der Waals surface area contributed by atoms with Crippen molar-refractivity contribution in [3.8, 4) is 0 Å². The van der Waals surface area contributed by atoms with Gasteiger partial charge < -0.3 is 10.2 Å². The minimum Gasteiger partial charge on any atom is -0.393 e. The molecule has 0 aromatic heterocycles. The van der Waals surface area contributed by atoms with Crippen molar-refractivity contribution in [2.75, 3.05) is 0 Å². The minimum absolute atomic E-state index is 0.0289. The van der Waals surface area contributed by atoms with Gasteiger partial charge in [0.25, 0.3) is 0 Å². The van der Waals surface area contributed by atoms with Crippen LogP contribution < -0.4 is 0 Å². The van der Waals surface area contributed by atoms with E-state index < -0.39 is 0 Å². The Morgan fingerprint density at radius 2 is 1.59 bits per heavy atom. The van der Waals surface area contributed by atoms with Crippen molar-refractivity contribution in [2.45, 2.75) is 92.3 Å². The van der Waals surface area contributed by atoms with Crippen molar-refractivity contribution in [1.29, 1.82) is 0 Å². The molecular formula is C20H38O2. The maximum absolute atomic E-state index is 9.81. The highest BCUT2D eigenvalue weighted by Gasteiger charge is 2.60. The molecule has 0 aliphatic heterocycles. The maximum atomic E-state index is 9.81. The highest BCUT2D eigenvalue weighted by atomic mass is 16.3. The normalized spacial score (nSPS) is 46.5. The molecule has 0 heterocycles. The summed E-state index contributed by atoms with van der Waals surface area (Å²) in [7, 11) is 0. The van der Waals surface area contributed by atoms with Crippen molar-refractivity contribution < 1.29 is 10.2 Å².